The lowest BCUT2D eigenvalue weighted by atomic mass is 10.0. The van der Waals surface area contributed by atoms with Gasteiger partial charge in [0.05, 0.1) is 0 Å². The third-order valence-corrected chi connectivity index (χ3v) is 3.25. The fourth-order valence-electron chi connectivity index (χ4n) is 1.65. The molecule has 0 aromatic heterocycles. The van der Waals surface area contributed by atoms with Gasteiger partial charge in [-0.25, -0.2) is 0 Å². The van der Waals surface area contributed by atoms with E-state index in [1.54, 1.807) is 13.8 Å². The zero-order valence-electron chi connectivity index (χ0n) is 14.5. The topological polar surface area (TPSA) is 20.2 Å². The summed E-state index contributed by atoms with van der Waals surface area (Å²) in [5.74, 6) is -8.96. The smallest absolute Gasteiger partial charge is 0.396 e. The van der Waals surface area contributed by atoms with Gasteiger partial charge in [-0.15, -0.1) is 0 Å². The van der Waals surface area contributed by atoms with Gasteiger partial charge < -0.3 is 5.11 Å². The molecular formula is C15H24F10O. The van der Waals surface area contributed by atoms with Crippen molar-refractivity contribution in [3.8, 4) is 0 Å². The zero-order valence-corrected chi connectivity index (χ0v) is 14.5. The third kappa shape index (κ3) is 11.8. The summed E-state index contributed by atoms with van der Waals surface area (Å²) in [7, 11) is 0. The van der Waals surface area contributed by atoms with Gasteiger partial charge in [0.25, 0.3) is 0 Å². The maximum absolute atomic E-state index is 12.3. The highest BCUT2D eigenvalue weighted by atomic mass is 19.4. The number of hydrogen-bond acceptors (Lipinski definition) is 1. The Morgan fingerprint density at radius 3 is 1.31 bits per heavy atom. The molecule has 0 aromatic carbocycles. The van der Waals surface area contributed by atoms with Crippen LogP contribution in [0, 0.1) is 5.92 Å². The Balaban J connectivity index is 0. The lowest BCUT2D eigenvalue weighted by Crippen LogP contribution is -2.36. The first-order valence-corrected chi connectivity index (χ1v) is 7.98. The van der Waals surface area contributed by atoms with Gasteiger partial charge in [0.15, 0.2) is 0 Å². The molecule has 26 heavy (non-hydrogen) atoms. The Labute approximate surface area is 145 Å². The van der Waals surface area contributed by atoms with Crippen LogP contribution in [0.25, 0.3) is 0 Å². The summed E-state index contributed by atoms with van der Waals surface area (Å²) < 4.78 is 118. The van der Waals surface area contributed by atoms with E-state index >= 15 is 0 Å². The number of aliphatic hydroxyl groups excluding tert-OH is 1. The molecule has 0 aliphatic rings. The second-order valence-electron chi connectivity index (χ2n) is 6.22. The average molecular weight is 410 g/mol. The average Bonchev–Trinajstić information content (AvgIpc) is 2.41. The monoisotopic (exact) mass is 410 g/mol. The highest BCUT2D eigenvalue weighted by Gasteiger charge is 2.57. The number of rotatable bonds is 9. The molecule has 0 unspecified atom stereocenters. The molecule has 160 valence electrons. The molecule has 1 N–H and O–H groups in total. The number of aliphatic hydroxyl groups is 1. The first kappa shape index (κ1) is 27.5. The van der Waals surface area contributed by atoms with Crippen LogP contribution >= 0.6 is 0 Å². The Morgan fingerprint density at radius 1 is 0.615 bits per heavy atom. The van der Waals surface area contributed by atoms with Crippen molar-refractivity contribution in [1.29, 1.82) is 0 Å². The lowest BCUT2D eigenvalue weighted by Gasteiger charge is -2.19. The first-order valence-electron chi connectivity index (χ1n) is 7.98. The van der Waals surface area contributed by atoms with Crippen molar-refractivity contribution in [2.75, 3.05) is 6.61 Å². The van der Waals surface area contributed by atoms with Crippen LogP contribution in [0.3, 0.4) is 0 Å². The molecule has 0 aliphatic carbocycles. The minimum Gasteiger partial charge on any atom is -0.396 e. The van der Waals surface area contributed by atoms with E-state index in [1.165, 1.54) is 0 Å². The summed E-state index contributed by atoms with van der Waals surface area (Å²) in [5.41, 5.74) is 0. The first-order chi connectivity index (χ1) is 11.5. The molecule has 0 saturated heterocycles. The van der Waals surface area contributed by atoms with Crippen molar-refractivity contribution >= 4 is 0 Å². The number of unbranched alkanes of at least 4 members (excludes halogenated alkanes) is 2. The highest BCUT2D eigenvalue weighted by Crippen LogP contribution is 2.40. The predicted molar refractivity (Wildman–Crippen MR) is 76.2 cm³/mol. The fraction of sp³-hybridized carbons (Fsp3) is 1.00. The minimum absolute atomic E-state index is 0.0931. The largest absolute Gasteiger partial charge is 0.453 e. The van der Waals surface area contributed by atoms with Crippen LogP contribution < -0.4 is 0 Å². The van der Waals surface area contributed by atoms with Gasteiger partial charge in [0.1, 0.15) is 0 Å². The Bertz CT molecular complexity index is 360. The molecule has 0 heterocycles. The van der Waals surface area contributed by atoms with Gasteiger partial charge >= 0.3 is 24.2 Å². The van der Waals surface area contributed by atoms with Gasteiger partial charge in [-0.1, -0.05) is 26.7 Å². The molecule has 0 aromatic rings. The SMILES string of the molecule is CC(C)CCCC(F)(F)C(F)(F)F.OCCCCCC(F)(F)C(F)(F)F. The molecule has 0 aliphatic heterocycles. The Hall–Kier alpha value is -0.740. The van der Waals surface area contributed by atoms with Crippen LogP contribution in [-0.4, -0.2) is 35.9 Å². The van der Waals surface area contributed by atoms with Crippen LogP contribution in [-0.2, 0) is 0 Å². The molecule has 0 spiro atoms. The summed E-state index contributed by atoms with van der Waals surface area (Å²) >= 11 is 0. The van der Waals surface area contributed by atoms with E-state index < -0.39 is 37.0 Å². The quantitative estimate of drug-likeness (QED) is 0.329. The third-order valence-electron chi connectivity index (χ3n) is 3.25. The summed E-state index contributed by atoms with van der Waals surface area (Å²) in [4.78, 5) is 0. The number of alkyl halides is 10. The van der Waals surface area contributed by atoms with E-state index in [4.69, 9.17) is 5.11 Å². The van der Waals surface area contributed by atoms with Crippen molar-refractivity contribution in [3.05, 3.63) is 0 Å². The summed E-state index contributed by atoms with van der Waals surface area (Å²) in [6.07, 6.45) is -12.6. The van der Waals surface area contributed by atoms with Gasteiger partial charge in [-0.2, -0.15) is 43.9 Å². The van der Waals surface area contributed by atoms with E-state index in [0.29, 0.717) is 6.42 Å². The zero-order chi connectivity index (χ0) is 21.2. The van der Waals surface area contributed by atoms with Crippen LogP contribution in [0.1, 0.15) is 58.8 Å². The van der Waals surface area contributed by atoms with Gasteiger partial charge in [-0.05, 0) is 25.2 Å². The Morgan fingerprint density at radius 2 is 1.00 bits per heavy atom. The van der Waals surface area contributed by atoms with E-state index in [9.17, 15) is 43.9 Å². The van der Waals surface area contributed by atoms with E-state index in [0.717, 1.165) is 0 Å². The highest BCUT2D eigenvalue weighted by molar-refractivity contribution is 4.76. The summed E-state index contributed by atoms with van der Waals surface area (Å²) in [6.45, 7) is 3.38. The van der Waals surface area contributed by atoms with Crippen molar-refractivity contribution in [1.82, 2.24) is 0 Å². The molecule has 0 bridgehead atoms. The van der Waals surface area contributed by atoms with E-state index in [2.05, 4.69) is 0 Å². The number of halogens is 10. The molecule has 1 nitrogen and oxygen atoms in total. The number of hydrogen-bond donors (Lipinski definition) is 1. The van der Waals surface area contributed by atoms with Crippen molar-refractivity contribution in [2.45, 2.75) is 83.0 Å². The van der Waals surface area contributed by atoms with Crippen molar-refractivity contribution in [3.63, 3.8) is 0 Å². The second-order valence-corrected chi connectivity index (χ2v) is 6.22. The van der Waals surface area contributed by atoms with Crippen molar-refractivity contribution < 1.29 is 49.0 Å². The minimum atomic E-state index is -5.45. The summed E-state index contributed by atoms with van der Waals surface area (Å²) in [6, 6.07) is 0. The van der Waals surface area contributed by atoms with Crippen LogP contribution in [0.4, 0.5) is 43.9 Å². The van der Waals surface area contributed by atoms with Crippen molar-refractivity contribution in [2.24, 2.45) is 5.92 Å². The molecule has 0 atom stereocenters. The maximum Gasteiger partial charge on any atom is 0.453 e. The van der Waals surface area contributed by atoms with Gasteiger partial charge in [-0.3, -0.25) is 0 Å². The molecule has 0 fully saturated rings. The standard InChI is InChI=1S/C8H13F5.C7H11F5O/c1-6(2)4-3-5-7(9,10)8(11,12)13;8-6(9,7(10,11)12)4-2-1-3-5-13/h6H,3-5H2,1-2H3;13H,1-5H2. The normalized spacial score (nSPS) is 13.6. The van der Waals surface area contributed by atoms with Gasteiger partial charge in [0, 0.05) is 19.4 Å². The van der Waals surface area contributed by atoms with Crippen LogP contribution in [0.2, 0.25) is 0 Å². The fourth-order valence-corrected chi connectivity index (χ4v) is 1.65. The summed E-state index contributed by atoms with van der Waals surface area (Å²) in [5, 5.41) is 8.25. The molecule has 0 amide bonds. The predicted octanol–water partition coefficient (Wildman–Crippen LogP) is 6.75. The maximum atomic E-state index is 12.3. The second kappa shape index (κ2) is 11.2. The van der Waals surface area contributed by atoms with Crippen LogP contribution in [0.15, 0.2) is 0 Å². The van der Waals surface area contributed by atoms with E-state index in [1.807, 2.05) is 0 Å². The lowest BCUT2D eigenvalue weighted by molar-refractivity contribution is -0.284. The Kier molecular flexibility index (Phi) is 11.8. The molecule has 0 saturated carbocycles. The van der Waals surface area contributed by atoms with E-state index in [-0.39, 0.29) is 38.2 Å². The molecule has 11 heteroatoms. The van der Waals surface area contributed by atoms with Crippen LogP contribution in [0.5, 0.6) is 0 Å². The molecular weight excluding hydrogens is 386 g/mol. The molecule has 0 radical (unpaired) electrons. The molecule has 0 rings (SSSR count). The van der Waals surface area contributed by atoms with Gasteiger partial charge in [0.2, 0.25) is 0 Å².